The Morgan fingerprint density at radius 3 is 2.51 bits per heavy atom. The van der Waals surface area contributed by atoms with E-state index in [1.807, 2.05) is 18.2 Å². The van der Waals surface area contributed by atoms with E-state index in [1.54, 1.807) is 42.5 Å². The van der Waals surface area contributed by atoms with Crippen LogP contribution in [0.25, 0.3) is 10.9 Å². The second-order valence-corrected chi connectivity index (χ2v) is 9.02. The van der Waals surface area contributed by atoms with Crippen LogP contribution in [0.1, 0.15) is 22.3 Å². The van der Waals surface area contributed by atoms with Gasteiger partial charge >= 0.3 is 5.69 Å². The first-order valence-corrected chi connectivity index (χ1v) is 11.7. The molecule has 1 N–H and O–H groups in total. The average molecular weight is 467 g/mol. The molecule has 1 atom stereocenters. The Kier molecular flexibility index (Phi) is 6.32. The van der Waals surface area contributed by atoms with Crippen molar-refractivity contribution in [3.8, 4) is 6.07 Å². The van der Waals surface area contributed by atoms with Gasteiger partial charge in [-0.15, -0.1) is 0 Å². The van der Waals surface area contributed by atoms with Crippen LogP contribution in [0.4, 0.5) is 0 Å². The van der Waals surface area contributed by atoms with Gasteiger partial charge in [0.05, 0.1) is 41.7 Å². The third-order valence-corrected chi connectivity index (χ3v) is 6.60. The summed E-state index contributed by atoms with van der Waals surface area (Å²) in [6.45, 7) is 2.06. The molecule has 3 aromatic carbocycles. The van der Waals surface area contributed by atoms with Gasteiger partial charge in [-0.2, -0.15) is 5.26 Å². The molecule has 1 unspecified atom stereocenters. The molecule has 0 bridgehead atoms. The molecule has 2 heterocycles. The van der Waals surface area contributed by atoms with E-state index >= 15 is 0 Å². The van der Waals surface area contributed by atoms with Gasteiger partial charge in [-0.1, -0.05) is 48.5 Å². The van der Waals surface area contributed by atoms with Crippen molar-refractivity contribution in [2.75, 3.05) is 13.1 Å². The zero-order chi connectivity index (χ0) is 24.4. The summed E-state index contributed by atoms with van der Waals surface area (Å²) in [4.78, 5) is 28.9. The molecule has 1 aliphatic heterocycles. The van der Waals surface area contributed by atoms with Gasteiger partial charge in [0.2, 0.25) is 0 Å². The Hall–Kier alpha value is -3.99. The van der Waals surface area contributed by atoms with Crippen LogP contribution in [0.15, 0.2) is 82.4 Å². The maximum Gasteiger partial charge on any atom is 0.331 e. The van der Waals surface area contributed by atoms with Crippen molar-refractivity contribution in [1.29, 1.82) is 5.26 Å². The van der Waals surface area contributed by atoms with Crippen LogP contribution < -0.4 is 11.2 Å². The first-order chi connectivity index (χ1) is 17.0. The van der Waals surface area contributed by atoms with Crippen LogP contribution >= 0.6 is 0 Å². The molecule has 7 heteroatoms. The van der Waals surface area contributed by atoms with Crippen molar-refractivity contribution in [2.45, 2.75) is 32.2 Å². The maximum atomic E-state index is 13.5. The molecule has 0 spiro atoms. The number of benzene rings is 3. The summed E-state index contributed by atoms with van der Waals surface area (Å²) in [6, 6.07) is 24.5. The third kappa shape index (κ3) is 4.67. The lowest BCUT2D eigenvalue weighted by molar-refractivity contribution is 0.0897. The number of hydrogen-bond acceptors (Lipinski definition) is 5. The number of aliphatic hydroxyl groups is 1. The molecule has 35 heavy (non-hydrogen) atoms. The minimum Gasteiger partial charge on any atom is -0.390 e. The molecule has 1 aliphatic rings. The second kappa shape index (κ2) is 9.71. The van der Waals surface area contributed by atoms with Crippen LogP contribution in [0.3, 0.4) is 0 Å². The highest BCUT2D eigenvalue weighted by Gasteiger charge is 2.21. The number of para-hydroxylation sites is 1. The van der Waals surface area contributed by atoms with Gasteiger partial charge in [0, 0.05) is 19.6 Å². The number of β-amino-alcohol motifs (C(OH)–C–C–N with tert-alkyl or cyclic N) is 1. The molecule has 1 aromatic heterocycles. The summed E-state index contributed by atoms with van der Waals surface area (Å²) < 4.78 is 2.68. The summed E-state index contributed by atoms with van der Waals surface area (Å²) in [6.07, 6.45) is 0.0371. The Morgan fingerprint density at radius 1 is 0.914 bits per heavy atom. The van der Waals surface area contributed by atoms with Gasteiger partial charge in [-0.3, -0.25) is 18.8 Å². The van der Waals surface area contributed by atoms with Gasteiger partial charge in [-0.25, -0.2) is 4.79 Å². The SMILES string of the molecule is N#Cc1cccc(Cn2c(=O)n(CC(O)CN3CCc4ccccc4C3)c(=O)c3ccccc32)c1. The maximum absolute atomic E-state index is 13.5. The lowest BCUT2D eigenvalue weighted by atomic mass is 10.00. The minimum absolute atomic E-state index is 0.0844. The minimum atomic E-state index is -0.873. The number of aromatic nitrogens is 2. The lowest BCUT2D eigenvalue weighted by Crippen LogP contribution is -2.45. The molecule has 176 valence electrons. The van der Waals surface area contributed by atoms with Crippen molar-refractivity contribution in [3.63, 3.8) is 0 Å². The molecule has 7 nitrogen and oxygen atoms in total. The number of nitriles is 1. The average Bonchev–Trinajstić information content (AvgIpc) is 2.89. The molecular weight excluding hydrogens is 440 g/mol. The smallest absolute Gasteiger partial charge is 0.331 e. The van der Waals surface area contributed by atoms with E-state index in [2.05, 4.69) is 23.1 Å². The zero-order valence-electron chi connectivity index (χ0n) is 19.3. The molecule has 0 saturated heterocycles. The van der Waals surface area contributed by atoms with Crippen molar-refractivity contribution < 1.29 is 5.11 Å². The number of hydrogen-bond donors (Lipinski definition) is 1. The van der Waals surface area contributed by atoms with E-state index < -0.39 is 17.4 Å². The lowest BCUT2D eigenvalue weighted by Gasteiger charge is -2.30. The van der Waals surface area contributed by atoms with Gasteiger partial charge in [0.1, 0.15) is 0 Å². The van der Waals surface area contributed by atoms with E-state index in [4.69, 9.17) is 0 Å². The Morgan fingerprint density at radius 2 is 1.69 bits per heavy atom. The largest absolute Gasteiger partial charge is 0.390 e. The molecule has 0 radical (unpaired) electrons. The predicted octanol–water partition coefficient (Wildman–Crippen LogP) is 2.50. The second-order valence-electron chi connectivity index (χ2n) is 9.02. The van der Waals surface area contributed by atoms with Gasteiger partial charge < -0.3 is 5.11 Å². The standard InChI is InChI=1S/C28H26N4O3/c29-15-20-6-5-7-21(14-20)16-31-26-11-4-3-10-25(26)27(34)32(28(31)35)19-24(33)18-30-13-12-22-8-1-2-9-23(22)17-30/h1-11,14,24,33H,12-13,16-19H2. The summed E-state index contributed by atoms with van der Waals surface area (Å²) in [5.41, 5.74) is 3.52. The summed E-state index contributed by atoms with van der Waals surface area (Å²) in [5.74, 6) is 0. The summed E-state index contributed by atoms with van der Waals surface area (Å²) in [7, 11) is 0. The first-order valence-electron chi connectivity index (χ1n) is 11.7. The van der Waals surface area contributed by atoms with E-state index in [0.717, 1.165) is 29.6 Å². The fourth-order valence-electron chi connectivity index (χ4n) is 4.88. The highest BCUT2D eigenvalue weighted by atomic mass is 16.3. The van der Waals surface area contributed by atoms with Crippen LogP contribution in [0.2, 0.25) is 0 Å². The summed E-state index contributed by atoms with van der Waals surface area (Å²) in [5, 5.41) is 20.5. The van der Waals surface area contributed by atoms with E-state index in [1.165, 1.54) is 15.7 Å². The fraction of sp³-hybridized carbons (Fsp3) is 0.250. The number of aliphatic hydroxyl groups excluding tert-OH is 1. The molecule has 0 amide bonds. The number of nitrogens with zero attached hydrogens (tertiary/aromatic N) is 4. The van der Waals surface area contributed by atoms with Crippen molar-refractivity contribution in [1.82, 2.24) is 14.0 Å². The number of fused-ring (bicyclic) bond motifs is 2. The van der Waals surface area contributed by atoms with Gasteiger partial charge in [-0.05, 0) is 47.4 Å². The Bertz CT molecular complexity index is 1550. The van der Waals surface area contributed by atoms with Gasteiger partial charge in [0.25, 0.3) is 5.56 Å². The highest BCUT2D eigenvalue weighted by molar-refractivity contribution is 5.77. The van der Waals surface area contributed by atoms with Crippen molar-refractivity contribution in [3.05, 3.63) is 116 Å². The van der Waals surface area contributed by atoms with Crippen LogP contribution in [0, 0.1) is 11.3 Å². The fourth-order valence-corrected chi connectivity index (χ4v) is 4.88. The molecular formula is C28H26N4O3. The normalized spacial score (nSPS) is 14.4. The van der Waals surface area contributed by atoms with Crippen molar-refractivity contribution in [2.24, 2.45) is 0 Å². The van der Waals surface area contributed by atoms with E-state index in [0.29, 0.717) is 23.0 Å². The quantitative estimate of drug-likeness (QED) is 0.472. The third-order valence-electron chi connectivity index (χ3n) is 6.60. The van der Waals surface area contributed by atoms with Crippen LogP contribution in [-0.2, 0) is 26.1 Å². The summed E-state index contributed by atoms with van der Waals surface area (Å²) >= 11 is 0. The Balaban J connectivity index is 1.44. The van der Waals surface area contributed by atoms with Crippen LogP contribution in [0.5, 0.6) is 0 Å². The molecule has 4 aromatic rings. The molecule has 5 rings (SSSR count). The molecule has 0 fully saturated rings. The monoisotopic (exact) mass is 466 g/mol. The van der Waals surface area contributed by atoms with Crippen molar-refractivity contribution >= 4 is 10.9 Å². The number of rotatable bonds is 6. The van der Waals surface area contributed by atoms with E-state index in [9.17, 15) is 20.0 Å². The zero-order valence-corrected chi connectivity index (χ0v) is 19.3. The Labute approximate surface area is 202 Å². The molecule has 0 saturated carbocycles. The molecule has 0 aliphatic carbocycles. The van der Waals surface area contributed by atoms with E-state index in [-0.39, 0.29) is 13.1 Å². The topological polar surface area (TPSA) is 91.3 Å². The van der Waals surface area contributed by atoms with Crippen LogP contribution in [-0.4, -0.2) is 38.3 Å². The van der Waals surface area contributed by atoms with Gasteiger partial charge in [0.15, 0.2) is 0 Å². The predicted molar refractivity (Wildman–Crippen MR) is 134 cm³/mol. The first kappa shape index (κ1) is 22.8. The highest BCUT2D eigenvalue weighted by Crippen LogP contribution is 2.18.